The van der Waals surface area contributed by atoms with Gasteiger partial charge in [0.05, 0.1) is 6.07 Å². The van der Waals surface area contributed by atoms with Gasteiger partial charge in [-0.05, 0) is 33.9 Å². The molecule has 17 heavy (non-hydrogen) atoms. The molecule has 0 spiro atoms. The normalized spacial score (nSPS) is 23.9. The fourth-order valence-corrected chi connectivity index (χ4v) is 2.44. The molecule has 2 atom stereocenters. The highest BCUT2D eigenvalue weighted by atomic mass is 15.3. The minimum absolute atomic E-state index is 0.401. The van der Waals surface area contributed by atoms with Crippen LogP contribution in [0.2, 0.25) is 0 Å². The van der Waals surface area contributed by atoms with Crippen LogP contribution in [0.3, 0.4) is 0 Å². The van der Waals surface area contributed by atoms with E-state index >= 15 is 0 Å². The predicted molar refractivity (Wildman–Crippen MR) is 70.8 cm³/mol. The zero-order valence-corrected chi connectivity index (χ0v) is 11.7. The Bertz CT molecular complexity index is 265. The highest BCUT2D eigenvalue weighted by molar-refractivity contribution is 5.04. The van der Waals surface area contributed by atoms with Crippen molar-refractivity contribution in [3.8, 4) is 6.07 Å². The van der Waals surface area contributed by atoms with Crippen molar-refractivity contribution in [2.45, 2.75) is 38.8 Å². The Kier molecular flexibility index (Phi) is 5.38. The maximum Gasteiger partial charge on any atom is 0.105 e. The molecular formula is C13H26N4. The zero-order valence-electron chi connectivity index (χ0n) is 11.7. The van der Waals surface area contributed by atoms with Gasteiger partial charge in [0.2, 0.25) is 0 Å². The molecule has 0 bridgehead atoms. The van der Waals surface area contributed by atoms with Crippen LogP contribution in [0.25, 0.3) is 0 Å². The van der Waals surface area contributed by atoms with Gasteiger partial charge in [-0.15, -0.1) is 0 Å². The minimum atomic E-state index is -0.401. The molecule has 98 valence electrons. The van der Waals surface area contributed by atoms with E-state index in [1.54, 1.807) is 0 Å². The SMILES string of the molecule is CCN1CCN(C(C)CC(C)(C#N)NC)CC1. The first kappa shape index (κ1) is 14.4. The second-order valence-corrected chi connectivity index (χ2v) is 5.22. The smallest absolute Gasteiger partial charge is 0.105 e. The van der Waals surface area contributed by atoms with E-state index < -0.39 is 5.54 Å². The van der Waals surface area contributed by atoms with E-state index in [9.17, 15) is 5.26 Å². The third-order valence-electron chi connectivity index (χ3n) is 3.98. The van der Waals surface area contributed by atoms with Gasteiger partial charge in [-0.3, -0.25) is 4.90 Å². The van der Waals surface area contributed by atoms with Crippen molar-refractivity contribution in [3.63, 3.8) is 0 Å². The van der Waals surface area contributed by atoms with Gasteiger partial charge >= 0.3 is 0 Å². The number of hydrogen-bond donors (Lipinski definition) is 1. The van der Waals surface area contributed by atoms with Crippen LogP contribution < -0.4 is 5.32 Å². The summed E-state index contributed by atoms with van der Waals surface area (Å²) in [6.07, 6.45) is 0.881. The van der Waals surface area contributed by atoms with Gasteiger partial charge in [0.25, 0.3) is 0 Å². The first-order chi connectivity index (χ1) is 8.04. The van der Waals surface area contributed by atoms with Crippen LogP contribution >= 0.6 is 0 Å². The van der Waals surface area contributed by atoms with Crippen LogP contribution in [0.1, 0.15) is 27.2 Å². The number of nitrogens with one attached hydrogen (secondary N) is 1. The number of hydrogen-bond acceptors (Lipinski definition) is 4. The molecule has 4 nitrogen and oxygen atoms in total. The number of likely N-dealkylation sites (N-methyl/N-ethyl adjacent to an activating group) is 1. The highest BCUT2D eigenvalue weighted by Gasteiger charge is 2.28. The summed E-state index contributed by atoms with van der Waals surface area (Å²) in [5.41, 5.74) is -0.401. The lowest BCUT2D eigenvalue weighted by molar-refractivity contribution is 0.0943. The van der Waals surface area contributed by atoms with E-state index in [0.29, 0.717) is 6.04 Å². The van der Waals surface area contributed by atoms with Crippen LogP contribution in [0.15, 0.2) is 0 Å². The Hall–Kier alpha value is -0.630. The number of rotatable bonds is 5. The molecule has 2 unspecified atom stereocenters. The summed E-state index contributed by atoms with van der Waals surface area (Å²) in [7, 11) is 1.87. The van der Waals surface area contributed by atoms with Crippen LogP contribution in [-0.4, -0.2) is 61.2 Å². The molecule has 1 rings (SSSR count). The number of piperazine rings is 1. The maximum absolute atomic E-state index is 9.17. The fourth-order valence-electron chi connectivity index (χ4n) is 2.44. The second kappa shape index (κ2) is 6.34. The lowest BCUT2D eigenvalue weighted by atomic mass is 9.94. The van der Waals surface area contributed by atoms with E-state index in [4.69, 9.17) is 0 Å². The van der Waals surface area contributed by atoms with Crippen molar-refractivity contribution >= 4 is 0 Å². The first-order valence-electron chi connectivity index (χ1n) is 6.61. The van der Waals surface area contributed by atoms with Gasteiger partial charge in [-0.1, -0.05) is 6.92 Å². The molecule has 1 fully saturated rings. The number of nitriles is 1. The van der Waals surface area contributed by atoms with Crippen molar-refractivity contribution in [1.29, 1.82) is 5.26 Å². The quantitative estimate of drug-likeness (QED) is 0.773. The van der Waals surface area contributed by atoms with Crippen LogP contribution in [0.4, 0.5) is 0 Å². The first-order valence-corrected chi connectivity index (χ1v) is 6.61. The Morgan fingerprint density at radius 2 is 1.94 bits per heavy atom. The van der Waals surface area contributed by atoms with Crippen LogP contribution in [0.5, 0.6) is 0 Å². The lowest BCUT2D eigenvalue weighted by Gasteiger charge is -2.39. The third-order valence-corrected chi connectivity index (χ3v) is 3.98. The van der Waals surface area contributed by atoms with Crippen LogP contribution in [0, 0.1) is 11.3 Å². The third kappa shape index (κ3) is 3.95. The molecule has 1 aliphatic heterocycles. The molecular weight excluding hydrogens is 212 g/mol. The largest absolute Gasteiger partial charge is 0.303 e. The molecule has 0 aliphatic carbocycles. The molecule has 0 aromatic rings. The predicted octanol–water partition coefficient (Wildman–Crippen LogP) is 0.904. The van der Waals surface area contributed by atoms with Gasteiger partial charge in [0.1, 0.15) is 5.54 Å². The molecule has 0 aromatic heterocycles. The Morgan fingerprint density at radius 3 is 2.35 bits per heavy atom. The van der Waals surface area contributed by atoms with Crippen LogP contribution in [-0.2, 0) is 0 Å². The summed E-state index contributed by atoms with van der Waals surface area (Å²) in [5, 5.41) is 12.3. The summed E-state index contributed by atoms with van der Waals surface area (Å²) in [4.78, 5) is 4.98. The van der Waals surface area contributed by atoms with Crippen molar-refractivity contribution in [2.75, 3.05) is 39.8 Å². The minimum Gasteiger partial charge on any atom is -0.303 e. The standard InChI is InChI=1S/C13H26N4/c1-5-16-6-8-17(9-7-16)12(2)10-13(3,11-14)15-4/h12,15H,5-10H2,1-4H3. The Balaban J connectivity index is 2.44. The average molecular weight is 238 g/mol. The molecule has 0 amide bonds. The summed E-state index contributed by atoms with van der Waals surface area (Å²) >= 11 is 0. The van der Waals surface area contributed by atoms with Gasteiger partial charge < -0.3 is 10.2 Å². The Labute approximate surface area is 106 Å². The lowest BCUT2D eigenvalue weighted by Crippen LogP contribution is -2.52. The average Bonchev–Trinajstić information content (AvgIpc) is 2.38. The topological polar surface area (TPSA) is 42.3 Å². The van der Waals surface area contributed by atoms with Crippen molar-refractivity contribution in [2.24, 2.45) is 0 Å². The maximum atomic E-state index is 9.17. The Morgan fingerprint density at radius 1 is 1.35 bits per heavy atom. The molecule has 0 saturated carbocycles. The highest BCUT2D eigenvalue weighted by Crippen LogP contribution is 2.16. The molecule has 1 aliphatic rings. The summed E-state index contributed by atoms with van der Waals surface area (Å²) in [6.45, 7) is 12.1. The van der Waals surface area contributed by atoms with Crippen molar-refractivity contribution < 1.29 is 0 Å². The van der Waals surface area contributed by atoms with Gasteiger partial charge in [-0.2, -0.15) is 5.26 Å². The number of nitrogens with zero attached hydrogens (tertiary/aromatic N) is 3. The van der Waals surface area contributed by atoms with Gasteiger partial charge in [-0.25, -0.2) is 0 Å². The molecule has 4 heteroatoms. The molecule has 1 heterocycles. The van der Waals surface area contributed by atoms with Crippen molar-refractivity contribution in [3.05, 3.63) is 0 Å². The summed E-state index contributed by atoms with van der Waals surface area (Å²) < 4.78 is 0. The molecule has 0 radical (unpaired) electrons. The molecule has 1 saturated heterocycles. The zero-order chi connectivity index (χ0) is 12.9. The van der Waals surface area contributed by atoms with E-state index in [-0.39, 0.29) is 0 Å². The van der Waals surface area contributed by atoms with E-state index in [2.05, 4.69) is 35.0 Å². The fraction of sp³-hybridized carbons (Fsp3) is 0.923. The van der Waals surface area contributed by atoms with E-state index in [1.807, 2.05) is 14.0 Å². The molecule has 1 N–H and O–H groups in total. The van der Waals surface area contributed by atoms with Gasteiger partial charge in [0, 0.05) is 32.2 Å². The van der Waals surface area contributed by atoms with Gasteiger partial charge in [0.15, 0.2) is 0 Å². The summed E-state index contributed by atoms with van der Waals surface area (Å²) in [6, 6.07) is 2.83. The van der Waals surface area contributed by atoms with E-state index in [0.717, 1.165) is 39.1 Å². The molecule has 0 aromatic carbocycles. The second-order valence-electron chi connectivity index (χ2n) is 5.22. The van der Waals surface area contributed by atoms with Crippen molar-refractivity contribution in [1.82, 2.24) is 15.1 Å². The van der Waals surface area contributed by atoms with E-state index in [1.165, 1.54) is 0 Å². The monoisotopic (exact) mass is 238 g/mol. The summed E-state index contributed by atoms with van der Waals surface area (Å²) in [5.74, 6) is 0.